The molecular weight excluding hydrogens is 621 g/mol. The molecule has 50 heavy (non-hydrogen) atoms. The number of benzene rings is 5. The zero-order valence-electron chi connectivity index (χ0n) is 26.0. The molecule has 5 aromatic carbocycles. The van der Waals surface area contributed by atoms with E-state index in [1.807, 2.05) is 48.5 Å². The molecule has 10 nitrogen and oxygen atoms in total. The maximum absolute atomic E-state index is 9.53. The quantitative estimate of drug-likeness (QED) is 0.166. The zero-order chi connectivity index (χ0) is 34.5. The smallest absolute Gasteiger partial charge is 0.187 e. The van der Waals surface area contributed by atoms with Gasteiger partial charge >= 0.3 is 0 Å². The van der Waals surface area contributed by atoms with Crippen LogP contribution in [0.25, 0.3) is 82.9 Å². The second-order valence-electron chi connectivity index (χ2n) is 10.9. The minimum Gasteiger partial charge on any atom is -0.238 e. The van der Waals surface area contributed by atoms with Gasteiger partial charge in [0, 0.05) is 33.4 Å². The van der Waals surface area contributed by atoms with E-state index < -0.39 is 0 Å². The third-order valence-electron chi connectivity index (χ3n) is 7.60. The Balaban J connectivity index is 1.40. The molecule has 230 valence electrons. The summed E-state index contributed by atoms with van der Waals surface area (Å²) in [5.41, 5.74) is 5.70. The highest BCUT2D eigenvalue weighted by Gasteiger charge is 2.17. The van der Waals surface area contributed by atoms with Crippen molar-refractivity contribution in [1.82, 2.24) is 29.9 Å². The second kappa shape index (κ2) is 13.4. The Bertz CT molecular complexity index is 2290. The van der Waals surface area contributed by atoms with Gasteiger partial charge in [0.05, 0.1) is 31.3 Å². The minimum atomic E-state index is 0.366. The van der Waals surface area contributed by atoms with Crippen LogP contribution in [0.2, 0.25) is 0 Å². The molecule has 0 saturated heterocycles. The molecule has 10 heteroatoms. The van der Waals surface area contributed by atoms with Gasteiger partial charge in [0.1, 0.15) is 0 Å². The van der Waals surface area contributed by atoms with Crippen LogP contribution in [0.15, 0.2) is 121 Å². The molecule has 0 atom stereocenters. The van der Waals surface area contributed by atoms with Crippen molar-refractivity contribution in [2.75, 3.05) is 0 Å². The number of hydrogen-bond donors (Lipinski definition) is 0. The Hall–Kier alpha value is -7.92. The van der Waals surface area contributed by atoms with E-state index in [4.69, 9.17) is 49.6 Å². The highest BCUT2D eigenvalue weighted by molar-refractivity contribution is 5.74. The molecule has 0 aliphatic rings. The van der Waals surface area contributed by atoms with E-state index in [0.29, 0.717) is 91.0 Å². The summed E-state index contributed by atoms with van der Waals surface area (Å²) < 4.78 is 0. The lowest BCUT2D eigenvalue weighted by Gasteiger charge is -2.11. The number of aromatic nitrogens is 6. The van der Waals surface area contributed by atoms with Crippen LogP contribution in [-0.4, -0.2) is 29.9 Å². The summed E-state index contributed by atoms with van der Waals surface area (Å²) in [6.07, 6.45) is 0. The van der Waals surface area contributed by atoms with Crippen LogP contribution in [0.3, 0.4) is 0 Å². The van der Waals surface area contributed by atoms with Crippen molar-refractivity contribution in [3.63, 3.8) is 0 Å². The summed E-state index contributed by atoms with van der Waals surface area (Å²) in [7, 11) is 0. The fraction of sp³-hybridized carbons (Fsp3) is 0. The molecule has 7 rings (SSSR count). The Kier molecular flexibility index (Phi) is 8.26. The van der Waals surface area contributed by atoms with E-state index in [9.17, 15) is 5.26 Å². The lowest BCUT2D eigenvalue weighted by atomic mass is 10.1. The van der Waals surface area contributed by atoms with Crippen LogP contribution < -0.4 is 0 Å². The highest BCUT2D eigenvalue weighted by Crippen LogP contribution is 2.31. The molecule has 2 heterocycles. The number of nitriles is 1. The van der Waals surface area contributed by atoms with Gasteiger partial charge in [-0.1, -0.05) is 84.9 Å². The zero-order valence-corrected chi connectivity index (χ0v) is 26.0. The predicted molar refractivity (Wildman–Crippen MR) is 189 cm³/mol. The standard InChI is InChI=1S/C40H20N10/c1-42-32-16-6-13-29(21-32)38-46-35(26-10-4-9-25(19-26)24-41)45-36(47-38)27-11-5-12-28(20-27)37-48-39(30-14-7-17-33(22-30)43-2)50-40(49-37)31-15-8-18-34(23-31)44-3/h4-23H. The lowest BCUT2D eigenvalue weighted by molar-refractivity contribution is 1.07. The van der Waals surface area contributed by atoms with E-state index in [1.54, 1.807) is 72.8 Å². The molecule has 0 fully saturated rings. The number of hydrogen-bond acceptors (Lipinski definition) is 7. The highest BCUT2D eigenvalue weighted by atomic mass is 15.0. The molecule has 0 amide bonds. The molecule has 0 spiro atoms. The molecule has 0 bridgehead atoms. The van der Waals surface area contributed by atoms with Crippen molar-refractivity contribution in [3.05, 3.63) is 161 Å². The molecular formula is C40H20N10. The number of nitrogens with zero attached hydrogens (tertiary/aromatic N) is 10. The first-order chi connectivity index (χ1) is 24.5. The van der Waals surface area contributed by atoms with Crippen LogP contribution in [0.4, 0.5) is 17.1 Å². The van der Waals surface area contributed by atoms with Gasteiger partial charge in [0.2, 0.25) is 0 Å². The van der Waals surface area contributed by atoms with Gasteiger partial charge in [-0.05, 0) is 36.4 Å². The third kappa shape index (κ3) is 6.36. The fourth-order valence-corrected chi connectivity index (χ4v) is 5.20. The third-order valence-corrected chi connectivity index (χ3v) is 7.60. The topological polar surface area (TPSA) is 114 Å². The fourth-order valence-electron chi connectivity index (χ4n) is 5.20. The van der Waals surface area contributed by atoms with E-state index in [0.717, 1.165) is 0 Å². The average molecular weight is 641 g/mol. The molecule has 0 N–H and O–H groups in total. The summed E-state index contributed by atoms with van der Waals surface area (Å²) in [6.45, 7) is 22.5. The molecule has 0 saturated carbocycles. The SMILES string of the molecule is [C-]#[N+]c1cccc(-c2nc(-c3cccc(C#N)c3)nc(-c3cccc(-c4nc(-c5cccc([N+]#[C-])c5)nc(-c5cccc([N+]#[C-])c5)n4)c3)n2)c1. The Morgan fingerprint density at radius 2 is 0.660 bits per heavy atom. The lowest BCUT2D eigenvalue weighted by Crippen LogP contribution is -2.02. The largest absolute Gasteiger partial charge is 0.238 e. The summed E-state index contributed by atoms with van der Waals surface area (Å²) in [5, 5.41) is 9.53. The summed E-state index contributed by atoms with van der Waals surface area (Å²) in [6, 6.07) is 37.8. The van der Waals surface area contributed by atoms with Crippen molar-refractivity contribution in [1.29, 1.82) is 5.26 Å². The van der Waals surface area contributed by atoms with E-state index in [2.05, 4.69) is 20.6 Å². The van der Waals surface area contributed by atoms with E-state index in [1.165, 1.54) is 0 Å². The van der Waals surface area contributed by atoms with Crippen LogP contribution >= 0.6 is 0 Å². The van der Waals surface area contributed by atoms with Gasteiger partial charge in [-0.3, -0.25) is 0 Å². The normalized spacial score (nSPS) is 10.3. The van der Waals surface area contributed by atoms with Gasteiger partial charge < -0.3 is 0 Å². The van der Waals surface area contributed by atoms with E-state index in [-0.39, 0.29) is 0 Å². The van der Waals surface area contributed by atoms with Gasteiger partial charge in [-0.25, -0.2) is 44.4 Å². The van der Waals surface area contributed by atoms with Gasteiger partial charge in [-0.2, -0.15) is 5.26 Å². The Morgan fingerprint density at radius 1 is 0.380 bits per heavy atom. The van der Waals surface area contributed by atoms with Crippen molar-refractivity contribution >= 4 is 17.1 Å². The van der Waals surface area contributed by atoms with Gasteiger partial charge in [0.15, 0.2) is 52.0 Å². The second-order valence-corrected chi connectivity index (χ2v) is 10.9. The first-order valence-electron chi connectivity index (χ1n) is 15.1. The van der Waals surface area contributed by atoms with Crippen LogP contribution in [0, 0.1) is 31.0 Å². The van der Waals surface area contributed by atoms with Crippen molar-refractivity contribution < 1.29 is 0 Å². The molecule has 0 radical (unpaired) electrons. The summed E-state index contributed by atoms with van der Waals surface area (Å²) >= 11 is 0. The Morgan fingerprint density at radius 3 is 0.980 bits per heavy atom. The summed E-state index contributed by atoms with van der Waals surface area (Å²) in [5.74, 6) is 2.21. The molecule has 0 aliphatic heterocycles. The predicted octanol–water partition coefficient (Wildman–Crippen LogP) is 9.58. The number of rotatable bonds is 6. The summed E-state index contributed by atoms with van der Waals surface area (Å²) in [4.78, 5) is 39.4. The van der Waals surface area contributed by atoms with Crippen LogP contribution in [0.1, 0.15) is 5.56 Å². The van der Waals surface area contributed by atoms with Gasteiger partial charge in [-0.15, -0.1) is 0 Å². The molecule has 0 unspecified atom stereocenters. The van der Waals surface area contributed by atoms with Crippen LogP contribution in [0.5, 0.6) is 0 Å². The average Bonchev–Trinajstić information content (AvgIpc) is 3.20. The van der Waals surface area contributed by atoms with E-state index >= 15 is 0 Å². The maximum atomic E-state index is 9.53. The monoisotopic (exact) mass is 640 g/mol. The Labute approximate surface area is 287 Å². The molecule has 2 aromatic heterocycles. The molecule has 0 aliphatic carbocycles. The van der Waals surface area contributed by atoms with Crippen molar-refractivity contribution in [3.8, 4) is 74.4 Å². The van der Waals surface area contributed by atoms with Crippen molar-refractivity contribution in [2.24, 2.45) is 0 Å². The first-order valence-corrected chi connectivity index (χ1v) is 15.1. The van der Waals surface area contributed by atoms with Crippen LogP contribution in [-0.2, 0) is 0 Å². The maximum Gasteiger partial charge on any atom is 0.187 e. The minimum absolute atomic E-state index is 0.366. The first kappa shape index (κ1) is 30.7. The van der Waals surface area contributed by atoms with Crippen molar-refractivity contribution in [2.45, 2.75) is 0 Å². The van der Waals surface area contributed by atoms with Gasteiger partial charge in [0.25, 0.3) is 0 Å². The molecule has 7 aromatic rings.